The van der Waals surface area contributed by atoms with Crippen LogP contribution >= 0.6 is 15.9 Å². The molecule has 0 saturated heterocycles. The average molecular weight is 289 g/mol. The van der Waals surface area contributed by atoms with E-state index >= 15 is 0 Å². The van der Waals surface area contributed by atoms with Gasteiger partial charge in [-0.15, -0.1) is 0 Å². The first-order chi connectivity index (χ1) is 7.54. The van der Waals surface area contributed by atoms with Crippen LogP contribution in [0.2, 0.25) is 0 Å². The van der Waals surface area contributed by atoms with Crippen LogP contribution in [0.1, 0.15) is 23.2 Å². The van der Waals surface area contributed by atoms with Crippen LogP contribution in [0.25, 0.3) is 0 Å². The Kier molecular flexibility index (Phi) is 4.61. The first-order valence-corrected chi connectivity index (χ1v) is 5.39. The number of halogens is 2. The minimum Gasteiger partial charge on any atom is -0.469 e. The van der Waals surface area contributed by atoms with Gasteiger partial charge in [0.25, 0.3) is 0 Å². The molecule has 0 amide bonds. The highest BCUT2D eigenvalue weighted by Gasteiger charge is 2.11. The summed E-state index contributed by atoms with van der Waals surface area (Å²) in [6.45, 7) is 0. The third-order valence-electron chi connectivity index (χ3n) is 2.03. The largest absolute Gasteiger partial charge is 0.469 e. The molecule has 0 heterocycles. The molecule has 1 aromatic rings. The third-order valence-corrected chi connectivity index (χ3v) is 2.67. The van der Waals surface area contributed by atoms with Gasteiger partial charge < -0.3 is 4.74 Å². The topological polar surface area (TPSA) is 43.4 Å². The maximum absolute atomic E-state index is 13.1. The number of esters is 1. The molecule has 0 spiro atoms. The smallest absolute Gasteiger partial charge is 0.305 e. The van der Waals surface area contributed by atoms with E-state index < -0.39 is 11.8 Å². The number of hydrogen-bond acceptors (Lipinski definition) is 3. The Morgan fingerprint density at radius 3 is 2.62 bits per heavy atom. The van der Waals surface area contributed by atoms with Gasteiger partial charge in [-0.2, -0.15) is 0 Å². The Labute approximate surface area is 101 Å². The minimum absolute atomic E-state index is 0.00696. The van der Waals surface area contributed by atoms with Crippen molar-refractivity contribution in [3.05, 3.63) is 34.1 Å². The summed E-state index contributed by atoms with van der Waals surface area (Å²) in [5.74, 6) is -1.23. The summed E-state index contributed by atoms with van der Waals surface area (Å²) in [6.07, 6.45) is 0.0285. The average Bonchev–Trinajstić information content (AvgIpc) is 2.29. The first-order valence-electron chi connectivity index (χ1n) is 4.59. The standard InChI is InChI=1S/C11H10BrFO3/c1-16-11(15)5-4-10(14)7-2-3-8(12)9(13)6-7/h2-3,6H,4-5H2,1H3. The number of Topliss-reactive ketones (excluding diaryl/α,β-unsaturated/α-hetero) is 1. The van der Waals surface area contributed by atoms with E-state index in [0.717, 1.165) is 6.07 Å². The van der Waals surface area contributed by atoms with Gasteiger partial charge in [0.1, 0.15) is 5.82 Å². The number of ether oxygens (including phenoxy) is 1. The highest BCUT2D eigenvalue weighted by atomic mass is 79.9. The maximum atomic E-state index is 13.1. The summed E-state index contributed by atoms with van der Waals surface area (Å²) in [5, 5.41) is 0. The molecule has 0 N–H and O–H groups in total. The molecule has 0 bridgehead atoms. The van der Waals surface area contributed by atoms with Crippen molar-refractivity contribution in [2.45, 2.75) is 12.8 Å². The summed E-state index contributed by atoms with van der Waals surface area (Å²) in [5.41, 5.74) is 0.254. The van der Waals surface area contributed by atoms with Gasteiger partial charge in [-0.25, -0.2) is 4.39 Å². The molecule has 1 aromatic carbocycles. The van der Waals surface area contributed by atoms with E-state index in [9.17, 15) is 14.0 Å². The predicted octanol–water partition coefficient (Wildman–Crippen LogP) is 2.72. The van der Waals surface area contributed by atoms with Crippen LogP contribution in [0.4, 0.5) is 4.39 Å². The Bertz CT molecular complexity index is 418. The SMILES string of the molecule is COC(=O)CCC(=O)c1ccc(Br)c(F)c1. The summed E-state index contributed by atoms with van der Waals surface area (Å²) in [4.78, 5) is 22.4. The number of benzene rings is 1. The Balaban J connectivity index is 2.66. The van der Waals surface area contributed by atoms with Gasteiger partial charge in [-0.3, -0.25) is 9.59 Å². The van der Waals surface area contributed by atoms with E-state index in [4.69, 9.17) is 0 Å². The number of methoxy groups -OCH3 is 1. The van der Waals surface area contributed by atoms with Crippen LogP contribution in [0.5, 0.6) is 0 Å². The molecular formula is C11H10BrFO3. The van der Waals surface area contributed by atoms with Gasteiger partial charge in [0.05, 0.1) is 18.0 Å². The van der Waals surface area contributed by atoms with Gasteiger partial charge >= 0.3 is 5.97 Å². The van der Waals surface area contributed by atoms with Crippen molar-refractivity contribution in [3.63, 3.8) is 0 Å². The van der Waals surface area contributed by atoms with Crippen LogP contribution in [-0.2, 0) is 9.53 Å². The summed E-state index contributed by atoms with van der Waals surface area (Å²) >= 11 is 2.99. The van der Waals surface area contributed by atoms with Crippen molar-refractivity contribution in [3.8, 4) is 0 Å². The molecule has 0 radical (unpaired) electrons. The fourth-order valence-electron chi connectivity index (χ4n) is 1.13. The van der Waals surface area contributed by atoms with Crippen molar-refractivity contribution in [2.75, 3.05) is 7.11 Å². The molecule has 3 nitrogen and oxygen atoms in total. The second-order valence-electron chi connectivity index (χ2n) is 3.13. The van der Waals surface area contributed by atoms with Crippen molar-refractivity contribution < 1.29 is 18.7 Å². The zero-order valence-corrected chi connectivity index (χ0v) is 10.2. The number of carbonyl (C=O) groups excluding carboxylic acids is 2. The Morgan fingerprint density at radius 2 is 2.06 bits per heavy atom. The maximum Gasteiger partial charge on any atom is 0.305 e. The fraction of sp³-hybridized carbons (Fsp3) is 0.273. The van der Waals surface area contributed by atoms with Crippen molar-refractivity contribution in [2.24, 2.45) is 0 Å². The predicted molar refractivity (Wildman–Crippen MR) is 59.7 cm³/mol. The molecule has 0 saturated carbocycles. The second-order valence-corrected chi connectivity index (χ2v) is 3.98. The van der Waals surface area contributed by atoms with Crippen LogP contribution in [0.3, 0.4) is 0 Å². The minimum atomic E-state index is -0.496. The monoisotopic (exact) mass is 288 g/mol. The second kappa shape index (κ2) is 5.75. The molecule has 0 aliphatic rings. The quantitative estimate of drug-likeness (QED) is 0.632. The number of ketones is 1. The molecule has 0 aliphatic carbocycles. The molecule has 16 heavy (non-hydrogen) atoms. The lowest BCUT2D eigenvalue weighted by molar-refractivity contribution is -0.140. The van der Waals surface area contributed by atoms with E-state index in [2.05, 4.69) is 20.7 Å². The summed E-state index contributed by atoms with van der Waals surface area (Å²) in [6, 6.07) is 4.11. The molecule has 0 aliphatic heterocycles. The zero-order chi connectivity index (χ0) is 12.1. The van der Waals surface area contributed by atoms with Crippen molar-refractivity contribution in [1.29, 1.82) is 0 Å². The highest BCUT2D eigenvalue weighted by Crippen LogP contribution is 2.17. The Morgan fingerprint density at radius 1 is 1.38 bits per heavy atom. The van der Waals surface area contributed by atoms with E-state index in [0.29, 0.717) is 4.47 Å². The van der Waals surface area contributed by atoms with E-state index in [1.165, 1.54) is 19.2 Å². The zero-order valence-electron chi connectivity index (χ0n) is 8.63. The lowest BCUT2D eigenvalue weighted by Gasteiger charge is -2.01. The summed E-state index contributed by atoms with van der Waals surface area (Å²) < 4.78 is 17.8. The van der Waals surface area contributed by atoms with Gasteiger partial charge in [0.2, 0.25) is 0 Å². The van der Waals surface area contributed by atoms with Gasteiger partial charge in [-0.1, -0.05) is 6.07 Å². The third kappa shape index (κ3) is 3.41. The number of rotatable bonds is 4. The molecule has 0 fully saturated rings. The van der Waals surface area contributed by atoms with Gasteiger partial charge in [0, 0.05) is 12.0 Å². The lowest BCUT2D eigenvalue weighted by atomic mass is 10.1. The molecule has 1 rings (SSSR count). The molecular weight excluding hydrogens is 279 g/mol. The van der Waals surface area contributed by atoms with Crippen molar-refractivity contribution >= 4 is 27.7 Å². The Hall–Kier alpha value is -1.23. The fourth-order valence-corrected chi connectivity index (χ4v) is 1.38. The highest BCUT2D eigenvalue weighted by molar-refractivity contribution is 9.10. The molecule has 0 unspecified atom stereocenters. The molecule has 86 valence electrons. The number of carbonyl (C=O) groups is 2. The van der Waals surface area contributed by atoms with Crippen LogP contribution in [0, 0.1) is 5.82 Å². The van der Waals surface area contributed by atoms with Crippen LogP contribution in [-0.4, -0.2) is 18.9 Å². The van der Waals surface area contributed by atoms with E-state index in [1.54, 1.807) is 0 Å². The van der Waals surface area contributed by atoms with Gasteiger partial charge in [0.15, 0.2) is 5.78 Å². The van der Waals surface area contributed by atoms with Gasteiger partial charge in [-0.05, 0) is 28.1 Å². The molecule has 0 atom stereocenters. The normalized spacial score (nSPS) is 9.94. The van der Waals surface area contributed by atoms with Crippen LogP contribution < -0.4 is 0 Å². The van der Waals surface area contributed by atoms with E-state index in [1.807, 2.05) is 0 Å². The molecule has 5 heteroatoms. The van der Waals surface area contributed by atoms with Crippen LogP contribution in [0.15, 0.2) is 22.7 Å². The number of hydrogen-bond donors (Lipinski definition) is 0. The first kappa shape index (κ1) is 12.8. The van der Waals surface area contributed by atoms with E-state index in [-0.39, 0.29) is 24.2 Å². The summed E-state index contributed by atoms with van der Waals surface area (Å²) in [7, 11) is 1.26. The van der Waals surface area contributed by atoms with Crippen molar-refractivity contribution in [1.82, 2.24) is 0 Å². The lowest BCUT2D eigenvalue weighted by Crippen LogP contribution is -2.06. The molecule has 0 aromatic heterocycles.